The summed E-state index contributed by atoms with van der Waals surface area (Å²) in [4.78, 5) is 0. The molecule has 156 valence electrons. The van der Waals surface area contributed by atoms with Crippen LogP contribution in [0.4, 0.5) is 5.82 Å². The van der Waals surface area contributed by atoms with Crippen molar-refractivity contribution in [1.82, 2.24) is 10.2 Å². The number of phenols is 1. The molecule has 1 atom stereocenters. The lowest BCUT2D eigenvalue weighted by atomic mass is 9.91. The van der Waals surface area contributed by atoms with Crippen LogP contribution in [0.25, 0.3) is 16.8 Å². The Labute approximate surface area is 174 Å². The predicted octanol–water partition coefficient (Wildman–Crippen LogP) is 5.37. The lowest BCUT2D eigenvalue weighted by Crippen LogP contribution is -2.39. The van der Waals surface area contributed by atoms with Gasteiger partial charge in [0.25, 0.3) is 0 Å². The van der Waals surface area contributed by atoms with Crippen LogP contribution in [0.2, 0.25) is 0 Å². The molecule has 1 aliphatic rings. The minimum absolute atomic E-state index is 0.238. The molecule has 1 heterocycles. The summed E-state index contributed by atoms with van der Waals surface area (Å²) < 4.78 is 0. The van der Waals surface area contributed by atoms with Gasteiger partial charge >= 0.3 is 0 Å². The number of allylic oxidation sites excluding steroid dienone is 2. The van der Waals surface area contributed by atoms with Crippen molar-refractivity contribution in [3.8, 4) is 17.0 Å². The fourth-order valence-corrected chi connectivity index (χ4v) is 4.04. The van der Waals surface area contributed by atoms with E-state index in [-0.39, 0.29) is 17.3 Å². The van der Waals surface area contributed by atoms with Crippen molar-refractivity contribution in [1.29, 1.82) is 0 Å². The van der Waals surface area contributed by atoms with Gasteiger partial charge in [-0.15, -0.1) is 10.2 Å². The summed E-state index contributed by atoms with van der Waals surface area (Å²) in [5, 5.41) is 22.7. The van der Waals surface area contributed by atoms with E-state index in [1.165, 1.54) is 12.0 Å². The molecule has 29 heavy (non-hydrogen) atoms. The Morgan fingerprint density at radius 1 is 1.17 bits per heavy atom. The van der Waals surface area contributed by atoms with Crippen molar-refractivity contribution in [3.63, 3.8) is 0 Å². The Morgan fingerprint density at radius 3 is 2.52 bits per heavy atom. The highest BCUT2D eigenvalue weighted by molar-refractivity contribution is 5.74. The third-order valence-electron chi connectivity index (χ3n) is 5.23. The largest absolute Gasteiger partial charge is 0.507 e. The summed E-state index contributed by atoms with van der Waals surface area (Å²) >= 11 is 0. The average Bonchev–Trinajstić information content (AvgIpc) is 3.15. The number of hydrogen-bond donors (Lipinski definition) is 3. The monoisotopic (exact) mass is 394 g/mol. The van der Waals surface area contributed by atoms with E-state index < -0.39 is 0 Å². The lowest BCUT2D eigenvalue weighted by Gasteiger charge is -2.28. The molecule has 0 radical (unpaired) electrons. The first-order valence-corrected chi connectivity index (χ1v) is 10.6. The first kappa shape index (κ1) is 21.3. The molecule has 0 saturated heterocycles. The van der Waals surface area contributed by atoms with Crippen molar-refractivity contribution in [2.45, 2.75) is 71.4 Å². The van der Waals surface area contributed by atoms with Crippen LogP contribution >= 0.6 is 0 Å². The first-order chi connectivity index (χ1) is 13.7. The zero-order valence-electron chi connectivity index (χ0n) is 18.1. The van der Waals surface area contributed by atoms with E-state index >= 15 is 0 Å². The molecule has 0 bridgehead atoms. The van der Waals surface area contributed by atoms with Crippen LogP contribution in [0.15, 0.2) is 36.4 Å². The molecule has 0 fully saturated rings. The number of anilines is 1. The number of nitrogens with zero attached hydrogens (tertiary/aromatic N) is 2. The summed E-state index contributed by atoms with van der Waals surface area (Å²) in [7, 11) is 0. The van der Waals surface area contributed by atoms with Crippen LogP contribution in [0.3, 0.4) is 0 Å². The van der Waals surface area contributed by atoms with E-state index in [0.29, 0.717) is 17.2 Å². The molecule has 4 N–H and O–H groups in total. The maximum atomic E-state index is 10.5. The Kier molecular flexibility index (Phi) is 6.58. The van der Waals surface area contributed by atoms with Gasteiger partial charge in [-0.2, -0.15) is 0 Å². The maximum Gasteiger partial charge on any atom is 0.148 e. The number of aromatic nitrogens is 2. The van der Waals surface area contributed by atoms with Crippen LogP contribution < -0.4 is 11.1 Å². The van der Waals surface area contributed by atoms with Gasteiger partial charge in [-0.05, 0) is 87.3 Å². The topological polar surface area (TPSA) is 84.1 Å². The van der Waals surface area contributed by atoms with Gasteiger partial charge in [0.1, 0.15) is 11.6 Å². The van der Waals surface area contributed by atoms with E-state index in [9.17, 15) is 5.11 Å². The van der Waals surface area contributed by atoms with Gasteiger partial charge in [-0.1, -0.05) is 26.0 Å². The number of benzene rings is 1. The predicted molar refractivity (Wildman–Crippen MR) is 121 cm³/mol. The Bertz CT molecular complexity index is 850. The van der Waals surface area contributed by atoms with E-state index in [0.717, 1.165) is 37.1 Å². The molecule has 0 aliphatic heterocycles. The Hall–Kier alpha value is -2.40. The second-order valence-corrected chi connectivity index (χ2v) is 9.32. The van der Waals surface area contributed by atoms with Crippen LogP contribution in [0, 0.1) is 5.92 Å². The molecule has 5 heteroatoms. The fourth-order valence-electron chi connectivity index (χ4n) is 4.04. The molecule has 5 nitrogen and oxygen atoms in total. The molecule has 0 spiro atoms. The Balaban J connectivity index is 1.73. The van der Waals surface area contributed by atoms with Crippen molar-refractivity contribution >= 4 is 11.4 Å². The second-order valence-electron chi connectivity index (χ2n) is 9.32. The molecule has 1 aromatic carbocycles. The van der Waals surface area contributed by atoms with Gasteiger partial charge in [0.2, 0.25) is 0 Å². The summed E-state index contributed by atoms with van der Waals surface area (Å²) in [5.74, 6) is 1.54. The highest BCUT2D eigenvalue weighted by Gasteiger charge is 2.21. The highest BCUT2D eigenvalue weighted by atomic mass is 16.3. The van der Waals surface area contributed by atoms with E-state index in [1.54, 1.807) is 0 Å². The minimum atomic E-state index is -0.248. The summed E-state index contributed by atoms with van der Waals surface area (Å²) in [6.45, 7) is 8.51. The number of phenolic OH excluding ortho intramolecular Hbond substituents is 1. The molecule has 1 unspecified atom stereocenters. The third kappa shape index (κ3) is 6.04. The van der Waals surface area contributed by atoms with Gasteiger partial charge in [0.05, 0.1) is 5.69 Å². The highest BCUT2D eigenvalue weighted by Crippen LogP contribution is 2.34. The normalized spacial score (nSPS) is 15.4. The molecule has 1 aromatic heterocycles. The second kappa shape index (κ2) is 8.95. The van der Waals surface area contributed by atoms with Crippen LogP contribution in [-0.4, -0.2) is 26.9 Å². The van der Waals surface area contributed by atoms with Crippen molar-refractivity contribution in [2.24, 2.45) is 11.7 Å². The maximum absolute atomic E-state index is 10.5. The van der Waals surface area contributed by atoms with Crippen molar-refractivity contribution in [3.05, 3.63) is 42.0 Å². The van der Waals surface area contributed by atoms with Gasteiger partial charge in [-0.3, -0.25) is 0 Å². The quantitative estimate of drug-likeness (QED) is 0.560. The fraction of sp³-hybridized carbons (Fsp3) is 0.500. The summed E-state index contributed by atoms with van der Waals surface area (Å²) in [6.07, 6.45) is 7.52. The van der Waals surface area contributed by atoms with Crippen molar-refractivity contribution in [2.75, 3.05) is 5.32 Å². The van der Waals surface area contributed by atoms with Crippen LogP contribution in [0.5, 0.6) is 5.75 Å². The van der Waals surface area contributed by atoms with Crippen LogP contribution in [0.1, 0.15) is 65.4 Å². The number of rotatable bonds is 8. The summed E-state index contributed by atoms with van der Waals surface area (Å²) in [5.41, 5.74) is 9.76. The van der Waals surface area contributed by atoms with Gasteiger partial charge in [0, 0.05) is 17.1 Å². The smallest absolute Gasteiger partial charge is 0.148 e. The minimum Gasteiger partial charge on any atom is -0.507 e. The van der Waals surface area contributed by atoms with E-state index in [1.807, 2.05) is 38.1 Å². The summed E-state index contributed by atoms with van der Waals surface area (Å²) in [6, 6.07) is 9.89. The van der Waals surface area contributed by atoms with Gasteiger partial charge in [0.15, 0.2) is 0 Å². The van der Waals surface area contributed by atoms with Crippen molar-refractivity contribution < 1.29 is 5.11 Å². The van der Waals surface area contributed by atoms with Gasteiger partial charge < -0.3 is 16.2 Å². The molecule has 3 rings (SSSR count). The molecule has 1 aliphatic carbocycles. The first-order valence-electron chi connectivity index (χ1n) is 10.6. The zero-order chi connectivity index (χ0) is 21.0. The number of nitrogens with two attached hydrogens (primary N) is 1. The van der Waals surface area contributed by atoms with Crippen LogP contribution in [-0.2, 0) is 0 Å². The standard InChI is InChI=1S/C24H34N4O/c1-16(2)13-19(15-24(3,4)25)26-23-12-11-21(27-28-23)20-10-9-18(14-22(20)29)17-7-5-6-8-17/h7,9-12,14,16,19,29H,5-6,8,13,15,25H2,1-4H3,(H,26,28). The average molecular weight is 395 g/mol. The molecular formula is C24H34N4O. The molecule has 0 saturated carbocycles. The zero-order valence-corrected chi connectivity index (χ0v) is 18.1. The molecule has 0 amide bonds. The van der Waals surface area contributed by atoms with Gasteiger partial charge in [-0.25, -0.2) is 0 Å². The van der Waals surface area contributed by atoms with E-state index in [2.05, 4.69) is 41.5 Å². The third-order valence-corrected chi connectivity index (χ3v) is 5.23. The number of hydrogen-bond acceptors (Lipinski definition) is 5. The molecular weight excluding hydrogens is 360 g/mol. The number of nitrogens with one attached hydrogen (secondary N) is 1. The molecule has 2 aromatic rings. The SMILES string of the molecule is CC(C)CC(CC(C)(C)N)Nc1ccc(-c2ccc(C3=CCCC3)cc2O)nn1. The van der Waals surface area contributed by atoms with E-state index in [4.69, 9.17) is 5.73 Å². The lowest BCUT2D eigenvalue weighted by molar-refractivity contribution is 0.394. The Morgan fingerprint density at radius 2 is 1.97 bits per heavy atom. The number of aromatic hydroxyl groups is 1.